The fourth-order valence-corrected chi connectivity index (χ4v) is 1.79. The third-order valence-electron chi connectivity index (χ3n) is 1.98. The second-order valence-corrected chi connectivity index (χ2v) is 4.68. The van der Waals surface area contributed by atoms with Crippen LogP contribution in [0.3, 0.4) is 0 Å². The van der Waals surface area contributed by atoms with Gasteiger partial charge in [0.05, 0.1) is 0 Å². The second-order valence-electron chi connectivity index (χ2n) is 3.50. The molecule has 0 saturated carbocycles. The van der Waals surface area contributed by atoms with Crippen molar-refractivity contribution in [3.8, 4) is 0 Å². The Morgan fingerprint density at radius 3 is 2.71 bits per heavy atom. The van der Waals surface area contributed by atoms with E-state index in [1.54, 1.807) is 20.8 Å². The molecule has 2 aromatic heterocycles. The molecule has 0 aromatic carbocycles. The minimum absolute atomic E-state index is 0.293. The third kappa shape index (κ3) is 2.64. The number of hydrogen-bond donors (Lipinski definition) is 1. The Labute approximate surface area is 101 Å². The zero-order chi connectivity index (χ0) is 12.4. The molecule has 17 heavy (non-hydrogen) atoms. The molecule has 0 aliphatic rings. The third-order valence-corrected chi connectivity index (χ3v) is 2.82. The summed E-state index contributed by atoms with van der Waals surface area (Å²) in [5, 5.41) is 15.0. The topological polar surface area (TPSA) is 93.8 Å². The smallest absolute Gasteiger partial charge is 0.282 e. The Morgan fingerprint density at radius 2 is 2.18 bits per heavy atom. The lowest BCUT2D eigenvalue weighted by molar-refractivity contribution is 0.0931. The first-order chi connectivity index (χ1) is 8.06. The van der Waals surface area contributed by atoms with E-state index in [1.165, 1.54) is 11.3 Å². The summed E-state index contributed by atoms with van der Waals surface area (Å²) in [5.41, 5.74) is 0. The Bertz CT molecular complexity index is 535. The SMILES string of the molecule is Cc1noc(C(C)NC(=O)c2nnc(C)s2)n1. The first-order valence-corrected chi connectivity index (χ1v) is 5.79. The summed E-state index contributed by atoms with van der Waals surface area (Å²) in [7, 11) is 0. The summed E-state index contributed by atoms with van der Waals surface area (Å²) in [4.78, 5) is 15.8. The van der Waals surface area contributed by atoms with Crippen molar-refractivity contribution in [2.45, 2.75) is 26.8 Å². The standard InChI is InChI=1S/C9H11N5O2S/c1-4(8-11-5(2)14-16-8)10-7(15)9-13-12-6(3)17-9/h4H,1-3H3,(H,10,15). The molecular weight excluding hydrogens is 242 g/mol. The molecule has 2 rings (SSSR count). The molecule has 0 aliphatic carbocycles. The van der Waals surface area contributed by atoms with Crippen LogP contribution in [0.15, 0.2) is 4.52 Å². The van der Waals surface area contributed by atoms with Crippen LogP contribution in [0.1, 0.15) is 39.5 Å². The van der Waals surface area contributed by atoms with Crippen molar-refractivity contribution in [3.05, 3.63) is 21.7 Å². The molecule has 8 heteroatoms. The van der Waals surface area contributed by atoms with Gasteiger partial charge in [-0.25, -0.2) is 0 Å². The van der Waals surface area contributed by atoms with E-state index in [0.29, 0.717) is 16.7 Å². The molecule has 0 fully saturated rings. The van der Waals surface area contributed by atoms with Crippen molar-refractivity contribution >= 4 is 17.2 Å². The van der Waals surface area contributed by atoms with E-state index in [2.05, 4.69) is 25.7 Å². The molecule has 1 N–H and O–H groups in total. The van der Waals surface area contributed by atoms with Gasteiger partial charge in [0.2, 0.25) is 10.9 Å². The van der Waals surface area contributed by atoms with Gasteiger partial charge in [-0.2, -0.15) is 4.98 Å². The normalized spacial score (nSPS) is 12.4. The van der Waals surface area contributed by atoms with E-state index in [1.807, 2.05) is 0 Å². The van der Waals surface area contributed by atoms with E-state index in [4.69, 9.17) is 4.52 Å². The average molecular weight is 253 g/mol. The summed E-state index contributed by atoms with van der Waals surface area (Å²) in [6.45, 7) is 5.27. The van der Waals surface area contributed by atoms with E-state index in [-0.39, 0.29) is 11.9 Å². The highest BCUT2D eigenvalue weighted by molar-refractivity contribution is 7.13. The maximum atomic E-state index is 11.8. The van der Waals surface area contributed by atoms with Crippen LogP contribution in [-0.4, -0.2) is 26.2 Å². The predicted octanol–water partition coefficient (Wildman–Crippen LogP) is 1.03. The molecule has 7 nitrogen and oxygen atoms in total. The van der Waals surface area contributed by atoms with Crippen molar-refractivity contribution in [1.82, 2.24) is 25.7 Å². The Balaban J connectivity index is 2.04. The highest BCUT2D eigenvalue weighted by Gasteiger charge is 2.18. The number of amides is 1. The Kier molecular flexibility index (Phi) is 3.14. The van der Waals surface area contributed by atoms with Gasteiger partial charge in [0, 0.05) is 0 Å². The first kappa shape index (κ1) is 11.6. The highest BCUT2D eigenvalue weighted by Crippen LogP contribution is 2.12. The average Bonchev–Trinajstić information content (AvgIpc) is 2.87. The van der Waals surface area contributed by atoms with Crippen LogP contribution >= 0.6 is 11.3 Å². The van der Waals surface area contributed by atoms with Gasteiger partial charge < -0.3 is 9.84 Å². The van der Waals surface area contributed by atoms with Gasteiger partial charge in [-0.1, -0.05) is 16.5 Å². The van der Waals surface area contributed by atoms with Crippen molar-refractivity contribution in [2.24, 2.45) is 0 Å². The molecule has 0 bridgehead atoms. The van der Waals surface area contributed by atoms with Crippen LogP contribution in [0, 0.1) is 13.8 Å². The molecule has 1 unspecified atom stereocenters. The molecule has 1 atom stereocenters. The number of rotatable bonds is 3. The molecule has 90 valence electrons. The lowest BCUT2D eigenvalue weighted by Crippen LogP contribution is -2.26. The van der Waals surface area contributed by atoms with Crippen LogP contribution in [-0.2, 0) is 0 Å². The van der Waals surface area contributed by atoms with Crippen LogP contribution in [0.25, 0.3) is 0 Å². The van der Waals surface area contributed by atoms with Crippen molar-refractivity contribution < 1.29 is 9.32 Å². The summed E-state index contributed by atoms with van der Waals surface area (Å²) in [6, 6.07) is -0.354. The minimum Gasteiger partial charge on any atom is -0.338 e. The van der Waals surface area contributed by atoms with Crippen molar-refractivity contribution in [1.29, 1.82) is 0 Å². The largest absolute Gasteiger partial charge is 0.338 e. The summed E-state index contributed by atoms with van der Waals surface area (Å²) < 4.78 is 4.96. The van der Waals surface area contributed by atoms with Gasteiger partial charge in [-0.15, -0.1) is 10.2 Å². The van der Waals surface area contributed by atoms with Gasteiger partial charge in [0.25, 0.3) is 5.91 Å². The quantitative estimate of drug-likeness (QED) is 0.878. The van der Waals surface area contributed by atoms with Gasteiger partial charge in [-0.3, -0.25) is 4.79 Å². The number of aromatic nitrogens is 4. The molecule has 2 heterocycles. The number of nitrogens with one attached hydrogen (secondary N) is 1. The lowest BCUT2D eigenvalue weighted by Gasteiger charge is -2.06. The number of carbonyl (C=O) groups excluding carboxylic acids is 1. The van der Waals surface area contributed by atoms with Gasteiger partial charge in [0.15, 0.2) is 5.82 Å². The lowest BCUT2D eigenvalue weighted by atomic mass is 10.3. The first-order valence-electron chi connectivity index (χ1n) is 4.97. The van der Waals surface area contributed by atoms with Crippen LogP contribution in [0.2, 0.25) is 0 Å². The molecule has 0 spiro atoms. The van der Waals surface area contributed by atoms with E-state index in [0.717, 1.165) is 5.01 Å². The monoisotopic (exact) mass is 253 g/mol. The molecule has 0 aliphatic heterocycles. The van der Waals surface area contributed by atoms with Crippen molar-refractivity contribution in [2.75, 3.05) is 0 Å². The van der Waals surface area contributed by atoms with E-state index < -0.39 is 0 Å². The van der Waals surface area contributed by atoms with Crippen molar-refractivity contribution in [3.63, 3.8) is 0 Å². The summed E-state index contributed by atoms with van der Waals surface area (Å²) in [5.74, 6) is 0.615. The fraction of sp³-hybridized carbons (Fsp3) is 0.444. The van der Waals surface area contributed by atoms with Gasteiger partial charge >= 0.3 is 0 Å². The molecule has 1 amide bonds. The Hall–Kier alpha value is -1.83. The maximum Gasteiger partial charge on any atom is 0.282 e. The summed E-state index contributed by atoms with van der Waals surface area (Å²) >= 11 is 1.24. The maximum absolute atomic E-state index is 11.8. The number of nitrogens with zero attached hydrogens (tertiary/aromatic N) is 4. The van der Waals surface area contributed by atoms with E-state index >= 15 is 0 Å². The van der Waals surface area contributed by atoms with Gasteiger partial charge in [0.1, 0.15) is 11.0 Å². The molecule has 0 saturated heterocycles. The zero-order valence-corrected chi connectivity index (χ0v) is 10.4. The van der Waals surface area contributed by atoms with Crippen LogP contribution in [0.4, 0.5) is 0 Å². The van der Waals surface area contributed by atoms with Crippen LogP contribution in [0.5, 0.6) is 0 Å². The number of carbonyl (C=O) groups is 1. The second kappa shape index (κ2) is 4.58. The number of hydrogen-bond acceptors (Lipinski definition) is 7. The fourth-order valence-electron chi connectivity index (χ4n) is 1.20. The molecule has 2 aromatic rings. The minimum atomic E-state index is -0.354. The Morgan fingerprint density at radius 1 is 1.41 bits per heavy atom. The van der Waals surface area contributed by atoms with E-state index in [9.17, 15) is 4.79 Å². The molecular formula is C9H11N5O2S. The molecule has 0 radical (unpaired) electrons. The summed E-state index contributed by atoms with van der Waals surface area (Å²) in [6.07, 6.45) is 0. The number of aryl methyl sites for hydroxylation is 2. The van der Waals surface area contributed by atoms with Crippen LogP contribution < -0.4 is 5.32 Å². The highest BCUT2D eigenvalue weighted by atomic mass is 32.1. The zero-order valence-electron chi connectivity index (χ0n) is 9.59. The van der Waals surface area contributed by atoms with Gasteiger partial charge in [-0.05, 0) is 20.8 Å². The predicted molar refractivity (Wildman–Crippen MR) is 59.6 cm³/mol.